The molecule has 1 aromatic carbocycles. The van der Waals surface area contributed by atoms with Gasteiger partial charge in [0.15, 0.2) is 4.90 Å². The molecule has 2 unspecified atom stereocenters. The topological polar surface area (TPSA) is 107 Å². The molecule has 116 valence electrons. The summed E-state index contributed by atoms with van der Waals surface area (Å²) in [7, 11) is -3.95. The molecule has 0 aliphatic carbocycles. The van der Waals surface area contributed by atoms with E-state index in [-0.39, 0.29) is 28.4 Å². The predicted molar refractivity (Wildman–Crippen MR) is 78.6 cm³/mol. The Balaban J connectivity index is 2.48. The van der Waals surface area contributed by atoms with Crippen molar-refractivity contribution in [3.8, 4) is 0 Å². The smallest absolute Gasteiger partial charge is 0.290 e. The van der Waals surface area contributed by atoms with E-state index in [1.165, 1.54) is 16.4 Å². The molecule has 0 saturated carbocycles. The van der Waals surface area contributed by atoms with Crippen molar-refractivity contribution in [1.29, 1.82) is 0 Å². The van der Waals surface area contributed by atoms with E-state index >= 15 is 0 Å². The second-order valence-corrected chi connectivity index (χ2v) is 7.43. The largest absolute Gasteiger partial charge is 0.330 e. The average Bonchev–Trinajstić information content (AvgIpc) is 2.80. The zero-order valence-corrected chi connectivity index (χ0v) is 13.0. The normalized spacial score (nSPS) is 23.4. The molecule has 2 atom stereocenters. The van der Waals surface area contributed by atoms with Gasteiger partial charge < -0.3 is 5.73 Å². The van der Waals surface area contributed by atoms with Gasteiger partial charge in [0.05, 0.1) is 4.92 Å². The third kappa shape index (κ3) is 3.03. The summed E-state index contributed by atoms with van der Waals surface area (Å²) in [6, 6.07) is 3.33. The summed E-state index contributed by atoms with van der Waals surface area (Å²) in [6.07, 6.45) is 0.650. The standard InChI is InChI=1S/C12H16ClN3O4S/c1-8-4-9(6-14)7-15(8)21(19,20)12-3-2-10(13)5-11(12)16(17)18/h2-3,5,8-9H,4,6-7,14H2,1H3. The minimum absolute atomic E-state index is 0.0705. The summed E-state index contributed by atoms with van der Waals surface area (Å²) >= 11 is 5.72. The molecule has 2 N–H and O–H groups in total. The molecule has 1 heterocycles. The van der Waals surface area contributed by atoms with Crippen molar-refractivity contribution in [3.63, 3.8) is 0 Å². The lowest BCUT2D eigenvalue weighted by molar-refractivity contribution is -0.387. The minimum atomic E-state index is -3.95. The van der Waals surface area contributed by atoms with Crippen LogP contribution >= 0.6 is 11.6 Å². The molecule has 0 spiro atoms. The summed E-state index contributed by atoms with van der Waals surface area (Å²) in [5.74, 6) is 0.0705. The molecule has 21 heavy (non-hydrogen) atoms. The Morgan fingerprint density at radius 3 is 2.71 bits per heavy atom. The SMILES string of the molecule is CC1CC(CN)CN1S(=O)(=O)c1ccc(Cl)cc1[N+](=O)[O-]. The molecule has 1 aliphatic rings. The van der Waals surface area contributed by atoms with Crippen LogP contribution in [0.3, 0.4) is 0 Å². The quantitative estimate of drug-likeness (QED) is 0.665. The van der Waals surface area contributed by atoms with Gasteiger partial charge in [0, 0.05) is 23.7 Å². The summed E-state index contributed by atoms with van der Waals surface area (Å²) in [5.41, 5.74) is 5.08. The van der Waals surface area contributed by atoms with Crippen LogP contribution in [-0.4, -0.2) is 36.8 Å². The van der Waals surface area contributed by atoms with Crippen LogP contribution < -0.4 is 5.73 Å². The zero-order chi connectivity index (χ0) is 15.8. The van der Waals surface area contributed by atoms with Crippen LogP contribution in [0, 0.1) is 16.0 Å². The maximum absolute atomic E-state index is 12.7. The van der Waals surface area contributed by atoms with Crippen molar-refractivity contribution >= 4 is 27.3 Å². The molecule has 1 fully saturated rings. The average molecular weight is 334 g/mol. The van der Waals surface area contributed by atoms with Crippen LogP contribution in [0.4, 0.5) is 5.69 Å². The second-order valence-electron chi connectivity index (χ2n) is 5.13. The Hall–Kier alpha value is -1.22. The third-order valence-electron chi connectivity index (χ3n) is 3.64. The Morgan fingerprint density at radius 1 is 1.52 bits per heavy atom. The fourth-order valence-electron chi connectivity index (χ4n) is 2.59. The van der Waals surface area contributed by atoms with Gasteiger partial charge in [-0.2, -0.15) is 4.31 Å². The highest BCUT2D eigenvalue weighted by Crippen LogP contribution is 2.34. The molecule has 1 aliphatic heterocycles. The molecule has 9 heteroatoms. The van der Waals surface area contributed by atoms with Gasteiger partial charge in [0.25, 0.3) is 5.69 Å². The van der Waals surface area contributed by atoms with E-state index in [2.05, 4.69) is 0 Å². The zero-order valence-electron chi connectivity index (χ0n) is 11.4. The number of halogens is 1. The number of nitrogens with zero attached hydrogens (tertiary/aromatic N) is 2. The molecule has 0 amide bonds. The molecule has 1 aromatic rings. The molecule has 1 saturated heterocycles. The number of benzene rings is 1. The van der Waals surface area contributed by atoms with Gasteiger partial charge >= 0.3 is 0 Å². The monoisotopic (exact) mass is 333 g/mol. The van der Waals surface area contributed by atoms with Crippen LogP contribution in [0.5, 0.6) is 0 Å². The van der Waals surface area contributed by atoms with E-state index in [0.29, 0.717) is 13.0 Å². The van der Waals surface area contributed by atoms with Gasteiger partial charge in [-0.15, -0.1) is 0 Å². The van der Waals surface area contributed by atoms with Crippen LogP contribution in [0.25, 0.3) is 0 Å². The van der Waals surface area contributed by atoms with Crippen molar-refractivity contribution in [2.75, 3.05) is 13.1 Å². The van der Waals surface area contributed by atoms with Gasteiger partial charge in [0.2, 0.25) is 10.0 Å². The predicted octanol–water partition coefficient (Wildman–Crippen LogP) is 1.61. The summed E-state index contributed by atoms with van der Waals surface area (Å²) in [6.45, 7) is 2.44. The lowest BCUT2D eigenvalue weighted by Crippen LogP contribution is -2.34. The van der Waals surface area contributed by atoms with E-state index in [1.54, 1.807) is 6.92 Å². The lowest BCUT2D eigenvalue weighted by atomic mass is 10.1. The highest BCUT2D eigenvalue weighted by atomic mass is 35.5. The maximum Gasteiger partial charge on any atom is 0.290 e. The fourth-order valence-corrected chi connectivity index (χ4v) is 4.62. The highest BCUT2D eigenvalue weighted by molar-refractivity contribution is 7.89. The fraction of sp³-hybridized carbons (Fsp3) is 0.500. The first-order valence-corrected chi connectivity index (χ1v) is 8.25. The van der Waals surface area contributed by atoms with Gasteiger partial charge in [0.1, 0.15) is 0 Å². The van der Waals surface area contributed by atoms with Gasteiger partial charge in [-0.1, -0.05) is 11.6 Å². The van der Waals surface area contributed by atoms with E-state index in [1.807, 2.05) is 0 Å². The van der Waals surface area contributed by atoms with E-state index in [4.69, 9.17) is 17.3 Å². The maximum atomic E-state index is 12.7. The van der Waals surface area contributed by atoms with Crippen molar-refractivity contribution < 1.29 is 13.3 Å². The first kappa shape index (κ1) is 16.2. The molecule has 0 aromatic heterocycles. The first-order valence-electron chi connectivity index (χ1n) is 6.43. The second kappa shape index (κ2) is 5.88. The number of hydrogen-bond donors (Lipinski definition) is 1. The number of sulfonamides is 1. The summed E-state index contributed by atoms with van der Waals surface area (Å²) < 4.78 is 26.6. The van der Waals surface area contributed by atoms with E-state index in [0.717, 1.165) is 6.07 Å². The number of rotatable bonds is 4. The Bertz CT molecular complexity index is 664. The van der Waals surface area contributed by atoms with Crippen molar-refractivity contribution in [3.05, 3.63) is 33.3 Å². The van der Waals surface area contributed by atoms with Gasteiger partial charge in [-0.25, -0.2) is 8.42 Å². The van der Waals surface area contributed by atoms with Crippen molar-refractivity contribution in [2.45, 2.75) is 24.3 Å². The van der Waals surface area contributed by atoms with Crippen LogP contribution in [-0.2, 0) is 10.0 Å². The first-order chi connectivity index (χ1) is 9.77. The lowest BCUT2D eigenvalue weighted by Gasteiger charge is -2.20. The molecule has 0 radical (unpaired) electrons. The van der Waals surface area contributed by atoms with Crippen LogP contribution in [0.2, 0.25) is 5.02 Å². The molecule has 0 bridgehead atoms. The number of nitro benzene ring substituents is 1. The van der Waals surface area contributed by atoms with Crippen LogP contribution in [0.15, 0.2) is 23.1 Å². The Labute approximate surface area is 127 Å². The number of hydrogen-bond acceptors (Lipinski definition) is 5. The molecule has 7 nitrogen and oxygen atoms in total. The van der Waals surface area contributed by atoms with Crippen molar-refractivity contribution in [1.82, 2.24) is 4.31 Å². The molecule has 2 rings (SSSR count). The van der Waals surface area contributed by atoms with Crippen molar-refractivity contribution in [2.24, 2.45) is 11.7 Å². The summed E-state index contributed by atoms with van der Waals surface area (Å²) in [5, 5.41) is 11.2. The summed E-state index contributed by atoms with van der Waals surface area (Å²) in [4.78, 5) is 10.0. The Kier molecular flexibility index (Phi) is 4.52. The third-order valence-corrected chi connectivity index (χ3v) is 5.90. The Morgan fingerprint density at radius 2 is 2.19 bits per heavy atom. The number of nitrogens with two attached hydrogens (primary N) is 1. The highest BCUT2D eigenvalue weighted by Gasteiger charge is 2.40. The molecular formula is C12H16ClN3O4S. The minimum Gasteiger partial charge on any atom is -0.330 e. The molecular weight excluding hydrogens is 318 g/mol. The van der Waals surface area contributed by atoms with Gasteiger partial charge in [-0.05, 0) is 37.9 Å². The van der Waals surface area contributed by atoms with Crippen LogP contribution in [0.1, 0.15) is 13.3 Å². The van der Waals surface area contributed by atoms with E-state index < -0.39 is 20.6 Å². The van der Waals surface area contributed by atoms with E-state index in [9.17, 15) is 18.5 Å². The van der Waals surface area contributed by atoms with Gasteiger partial charge in [-0.3, -0.25) is 10.1 Å². The number of nitro groups is 1.